The molecule has 1 aliphatic rings. The van der Waals surface area contributed by atoms with Gasteiger partial charge in [0.15, 0.2) is 0 Å². The fourth-order valence-corrected chi connectivity index (χ4v) is 2.47. The van der Waals surface area contributed by atoms with E-state index in [-0.39, 0.29) is 17.7 Å². The van der Waals surface area contributed by atoms with Crippen molar-refractivity contribution < 1.29 is 27.4 Å². The van der Waals surface area contributed by atoms with E-state index in [4.69, 9.17) is 4.74 Å². The Bertz CT molecular complexity index is 841. The Morgan fingerprint density at radius 3 is 2.41 bits per heavy atom. The molecule has 27 heavy (non-hydrogen) atoms. The van der Waals surface area contributed by atoms with Gasteiger partial charge in [0.05, 0.1) is 7.11 Å². The Morgan fingerprint density at radius 1 is 1.11 bits per heavy atom. The minimum Gasteiger partial charge on any atom is -0.496 e. The van der Waals surface area contributed by atoms with E-state index in [0.717, 1.165) is 12.8 Å². The average molecular weight is 377 g/mol. The van der Waals surface area contributed by atoms with E-state index in [1.165, 1.54) is 31.4 Å². The second kappa shape index (κ2) is 7.73. The van der Waals surface area contributed by atoms with Crippen LogP contribution in [0.25, 0.3) is 12.2 Å². The molecule has 1 fully saturated rings. The Hall–Kier alpha value is -2.96. The predicted octanol–water partition coefficient (Wildman–Crippen LogP) is 4.66. The van der Waals surface area contributed by atoms with Crippen LogP contribution in [0.1, 0.15) is 34.3 Å². The number of methoxy groups -OCH3 is 1. The monoisotopic (exact) mass is 377 g/mol. The van der Waals surface area contributed by atoms with Crippen molar-refractivity contribution in [3.05, 3.63) is 59.2 Å². The Kier molecular flexibility index (Phi) is 5.39. The lowest BCUT2D eigenvalue weighted by Crippen LogP contribution is -2.25. The van der Waals surface area contributed by atoms with Gasteiger partial charge in [0, 0.05) is 17.2 Å². The van der Waals surface area contributed by atoms with Crippen LogP contribution in [0.15, 0.2) is 42.5 Å². The third-order valence-electron chi connectivity index (χ3n) is 3.97. The molecule has 0 unspecified atom stereocenters. The number of rotatable bonds is 6. The van der Waals surface area contributed by atoms with Crippen molar-refractivity contribution in [2.24, 2.45) is 0 Å². The molecule has 0 radical (unpaired) electrons. The molecule has 0 bridgehead atoms. The zero-order chi connectivity index (χ0) is 19.4. The summed E-state index contributed by atoms with van der Waals surface area (Å²) < 4.78 is 45.7. The summed E-state index contributed by atoms with van der Waals surface area (Å²) in [6, 6.07) is 10.9. The first-order valence-electron chi connectivity index (χ1n) is 8.37. The molecule has 0 saturated heterocycles. The number of carbonyl (C=O) groups excluding carboxylic acids is 1. The summed E-state index contributed by atoms with van der Waals surface area (Å²) in [5.74, 6) is 0.172. The van der Waals surface area contributed by atoms with Crippen molar-refractivity contribution in [2.75, 3.05) is 7.11 Å². The first-order chi connectivity index (χ1) is 12.8. The largest absolute Gasteiger partial charge is 0.573 e. The highest BCUT2D eigenvalue weighted by atomic mass is 19.4. The molecule has 0 atom stereocenters. The molecule has 1 saturated carbocycles. The van der Waals surface area contributed by atoms with Crippen LogP contribution in [0.3, 0.4) is 0 Å². The van der Waals surface area contributed by atoms with Gasteiger partial charge >= 0.3 is 6.36 Å². The number of hydrogen-bond donors (Lipinski definition) is 1. The van der Waals surface area contributed by atoms with Crippen LogP contribution in [-0.2, 0) is 0 Å². The van der Waals surface area contributed by atoms with E-state index in [9.17, 15) is 18.0 Å². The summed E-state index contributed by atoms with van der Waals surface area (Å²) in [4.78, 5) is 12.2. The van der Waals surface area contributed by atoms with E-state index >= 15 is 0 Å². The summed E-state index contributed by atoms with van der Waals surface area (Å²) in [7, 11) is 1.53. The van der Waals surface area contributed by atoms with Crippen molar-refractivity contribution in [1.29, 1.82) is 0 Å². The molecule has 3 rings (SSSR count). The third kappa shape index (κ3) is 5.51. The number of ether oxygens (including phenoxy) is 2. The summed E-state index contributed by atoms with van der Waals surface area (Å²) in [6.45, 7) is 0. The fraction of sp³-hybridized carbons (Fsp3) is 0.250. The number of alkyl halides is 3. The van der Waals surface area contributed by atoms with Crippen molar-refractivity contribution >= 4 is 18.1 Å². The number of nitrogens with one attached hydrogen (secondary N) is 1. The SMILES string of the molecule is COc1ccc(C(=O)NC2CC2)cc1/C=C/c1ccc(OC(F)(F)F)cc1. The minimum absolute atomic E-state index is 0.136. The van der Waals surface area contributed by atoms with Gasteiger partial charge < -0.3 is 14.8 Å². The fourth-order valence-electron chi connectivity index (χ4n) is 2.47. The van der Waals surface area contributed by atoms with Gasteiger partial charge in [0.1, 0.15) is 11.5 Å². The summed E-state index contributed by atoms with van der Waals surface area (Å²) >= 11 is 0. The molecule has 4 nitrogen and oxygen atoms in total. The molecular formula is C20H18F3NO3. The summed E-state index contributed by atoms with van der Waals surface area (Å²) in [5.41, 5.74) is 1.90. The van der Waals surface area contributed by atoms with Crippen LogP contribution in [0, 0.1) is 0 Å². The van der Waals surface area contributed by atoms with E-state index in [2.05, 4.69) is 10.1 Å². The van der Waals surface area contributed by atoms with E-state index in [1.54, 1.807) is 30.4 Å². The molecule has 2 aromatic rings. The second-order valence-corrected chi connectivity index (χ2v) is 6.15. The van der Waals surface area contributed by atoms with Crippen LogP contribution < -0.4 is 14.8 Å². The van der Waals surface area contributed by atoms with E-state index < -0.39 is 6.36 Å². The van der Waals surface area contributed by atoms with Gasteiger partial charge in [0.25, 0.3) is 5.91 Å². The molecule has 0 aliphatic heterocycles. The quantitative estimate of drug-likeness (QED) is 0.745. The first-order valence-corrected chi connectivity index (χ1v) is 8.37. The highest BCUT2D eigenvalue weighted by molar-refractivity contribution is 5.95. The lowest BCUT2D eigenvalue weighted by atomic mass is 10.1. The molecule has 7 heteroatoms. The van der Waals surface area contributed by atoms with Gasteiger partial charge in [-0.1, -0.05) is 24.3 Å². The molecule has 1 amide bonds. The Labute approximate surface area is 154 Å². The normalized spacial score (nSPS) is 14.2. The van der Waals surface area contributed by atoms with Crippen molar-refractivity contribution in [3.8, 4) is 11.5 Å². The molecule has 1 aliphatic carbocycles. The molecule has 142 valence electrons. The van der Waals surface area contributed by atoms with Gasteiger partial charge in [-0.3, -0.25) is 4.79 Å². The van der Waals surface area contributed by atoms with Crippen LogP contribution in [0.2, 0.25) is 0 Å². The molecule has 0 spiro atoms. The number of halogens is 3. The van der Waals surface area contributed by atoms with Crippen molar-refractivity contribution in [2.45, 2.75) is 25.2 Å². The van der Waals surface area contributed by atoms with E-state index in [1.807, 2.05) is 0 Å². The molecule has 2 aromatic carbocycles. The number of benzene rings is 2. The smallest absolute Gasteiger partial charge is 0.496 e. The highest BCUT2D eigenvalue weighted by Crippen LogP contribution is 2.26. The zero-order valence-corrected chi connectivity index (χ0v) is 14.5. The topological polar surface area (TPSA) is 47.6 Å². The molecule has 0 aromatic heterocycles. The van der Waals surface area contributed by atoms with Crippen molar-refractivity contribution in [1.82, 2.24) is 5.32 Å². The maximum absolute atomic E-state index is 12.2. The molecular weight excluding hydrogens is 359 g/mol. The minimum atomic E-state index is -4.72. The number of hydrogen-bond acceptors (Lipinski definition) is 3. The maximum atomic E-state index is 12.2. The van der Waals surface area contributed by atoms with Gasteiger partial charge in [-0.2, -0.15) is 0 Å². The van der Waals surface area contributed by atoms with Gasteiger partial charge in [-0.25, -0.2) is 0 Å². The molecule has 1 N–H and O–H groups in total. The molecule has 0 heterocycles. The third-order valence-corrected chi connectivity index (χ3v) is 3.97. The lowest BCUT2D eigenvalue weighted by Gasteiger charge is -2.09. The number of carbonyl (C=O) groups is 1. The van der Waals surface area contributed by atoms with Gasteiger partial charge in [-0.15, -0.1) is 13.2 Å². The van der Waals surface area contributed by atoms with Gasteiger partial charge in [0.2, 0.25) is 0 Å². The van der Waals surface area contributed by atoms with E-state index in [0.29, 0.717) is 22.4 Å². The van der Waals surface area contributed by atoms with Crippen molar-refractivity contribution in [3.63, 3.8) is 0 Å². The first kappa shape index (κ1) is 18.8. The van der Waals surface area contributed by atoms with Crippen LogP contribution in [0.4, 0.5) is 13.2 Å². The van der Waals surface area contributed by atoms with Crippen LogP contribution in [-0.4, -0.2) is 25.4 Å². The highest BCUT2D eigenvalue weighted by Gasteiger charge is 2.30. The average Bonchev–Trinajstić information content (AvgIpc) is 3.43. The maximum Gasteiger partial charge on any atom is 0.573 e. The lowest BCUT2D eigenvalue weighted by molar-refractivity contribution is -0.274. The summed E-state index contributed by atoms with van der Waals surface area (Å²) in [6.07, 6.45) is 0.752. The predicted molar refractivity (Wildman–Crippen MR) is 95.5 cm³/mol. The van der Waals surface area contributed by atoms with Crippen LogP contribution >= 0.6 is 0 Å². The second-order valence-electron chi connectivity index (χ2n) is 6.15. The van der Waals surface area contributed by atoms with Crippen LogP contribution in [0.5, 0.6) is 11.5 Å². The Balaban J connectivity index is 1.75. The standard InChI is InChI=1S/C20H18F3NO3/c1-26-18-11-6-15(19(25)24-16-7-8-16)12-14(18)5-2-13-3-9-17(10-4-13)27-20(21,22)23/h2-6,9-12,16H,7-8H2,1H3,(H,24,25)/b5-2+. The summed E-state index contributed by atoms with van der Waals surface area (Å²) in [5, 5.41) is 2.92. The number of amides is 1. The zero-order valence-electron chi connectivity index (χ0n) is 14.5. The van der Waals surface area contributed by atoms with Gasteiger partial charge in [-0.05, 0) is 48.7 Å². The Morgan fingerprint density at radius 2 is 1.81 bits per heavy atom.